The minimum Gasteiger partial charge on any atom is -0.502 e. The molecular weight excluding hydrogens is 402 g/mol. The number of ether oxygens (including phenoxy) is 2. The van der Waals surface area contributed by atoms with Crippen LogP contribution in [0.15, 0.2) is 71.8 Å². The molecule has 0 aliphatic carbocycles. The maximum absolute atomic E-state index is 12.2. The van der Waals surface area contributed by atoms with Gasteiger partial charge in [-0.15, -0.1) is 0 Å². The van der Waals surface area contributed by atoms with Crippen molar-refractivity contribution in [3.63, 3.8) is 0 Å². The van der Waals surface area contributed by atoms with E-state index in [0.717, 1.165) is 17.8 Å². The quantitative estimate of drug-likeness (QED) is 0.325. The molecule has 9 heteroatoms. The highest BCUT2D eigenvalue weighted by molar-refractivity contribution is 5.95. The molecule has 0 unspecified atom stereocenters. The fourth-order valence-corrected chi connectivity index (χ4v) is 2.64. The van der Waals surface area contributed by atoms with Crippen molar-refractivity contribution in [2.75, 3.05) is 7.11 Å². The first-order valence-electron chi connectivity index (χ1n) is 9.13. The summed E-state index contributed by atoms with van der Waals surface area (Å²) in [6.45, 7) is 0.410. The van der Waals surface area contributed by atoms with Gasteiger partial charge in [-0.05, 0) is 35.9 Å². The van der Waals surface area contributed by atoms with E-state index in [1.807, 2.05) is 30.3 Å². The first-order valence-corrected chi connectivity index (χ1v) is 9.13. The lowest BCUT2D eigenvalue weighted by atomic mass is 10.1. The van der Waals surface area contributed by atoms with Gasteiger partial charge in [0.1, 0.15) is 18.1 Å². The van der Waals surface area contributed by atoms with Crippen LogP contribution in [0, 0.1) is 10.1 Å². The number of hydrogen-bond donors (Lipinski definition) is 2. The molecule has 158 valence electrons. The lowest BCUT2D eigenvalue weighted by Crippen LogP contribution is -2.17. The summed E-state index contributed by atoms with van der Waals surface area (Å²) in [5.41, 5.74) is 3.17. The van der Waals surface area contributed by atoms with E-state index < -0.39 is 22.3 Å². The number of hydrogen-bond acceptors (Lipinski definition) is 7. The maximum Gasteiger partial charge on any atom is 0.315 e. The zero-order chi connectivity index (χ0) is 22.2. The average molecular weight is 421 g/mol. The summed E-state index contributed by atoms with van der Waals surface area (Å²) >= 11 is 0. The number of rotatable bonds is 8. The molecule has 0 radical (unpaired) electrons. The summed E-state index contributed by atoms with van der Waals surface area (Å²) in [7, 11) is 1.34. The van der Waals surface area contributed by atoms with Gasteiger partial charge in [-0.1, -0.05) is 30.3 Å². The van der Waals surface area contributed by atoms with Gasteiger partial charge in [0.2, 0.25) is 5.75 Å². The van der Waals surface area contributed by atoms with Crippen molar-refractivity contribution in [3.8, 4) is 17.2 Å². The third kappa shape index (κ3) is 5.57. The SMILES string of the molecule is COc1cc(/C=N\NC(=O)c2ccc(OCc3ccccc3)cc2)c(O)c([N+](=O)[O-])c1. The van der Waals surface area contributed by atoms with Gasteiger partial charge in [0.05, 0.1) is 24.3 Å². The molecule has 0 bridgehead atoms. The highest BCUT2D eigenvalue weighted by Crippen LogP contribution is 2.33. The molecule has 3 aromatic carbocycles. The Labute approximate surface area is 177 Å². The molecule has 0 fully saturated rings. The highest BCUT2D eigenvalue weighted by atomic mass is 16.6. The van der Waals surface area contributed by atoms with E-state index >= 15 is 0 Å². The molecule has 0 saturated heterocycles. The molecule has 31 heavy (non-hydrogen) atoms. The lowest BCUT2D eigenvalue weighted by molar-refractivity contribution is -0.385. The van der Waals surface area contributed by atoms with Crippen LogP contribution in [-0.2, 0) is 6.61 Å². The van der Waals surface area contributed by atoms with Crippen molar-refractivity contribution >= 4 is 17.8 Å². The molecule has 0 aliphatic heterocycles. The van der Waals surface area contributed by atoms with Crippen LogP contribution in [-0.4, -0.2) is 29.3 Å². The Bertz CT molecular complexity index is 1100. The zero-order valence-corrected chi connectivity index (χ0v) is 16.5. The summed E-state index contributed by atoms with van der Waals surface area (Å²) in [5.74, 6) is -0.299. The molecule has 1 amide bonds. The summed E-state index contributed by atoms with van der Waals surface area (Å²) in [6, 6.07) is 18.6. The van der Waals surface area contributed by atoms with E-state index in [4.69, 9.17) is 9.47 Å². The van der Waals surface area contributed by atoms with Gasteiger partial charge < -0.3 is 14.6 Å². The highest BCUT2D eigenvalue weighted by Gasteiger charge is 2.18. The molecule has 0 atom stereocenters. The van der Waals surface area contributed by atoms with Crippen LogP contribution in [0.3, 0.4) is 0 Å². The summed E-state index contributed by atoms with van der Waals surface area (Å²) in [6.07, 6.45) is 1.10. The normalized spacial score (nSPS) is 10.6. The number of methoxy groups -OCH3 is 1. The molecule has 0 aliphatic rings. The standard InChI is InChI=1S/C22H19N3O6/c1-30-19-11-17(21(26)20(12-19)25(28)29)13-23-24-22(27)16-7-9-18(10-8-16)31-14-15-5-3-2-4-6-15/h2-13,26H,14H2,1H3,(H,24,27)/b23-13-. The molecule has 9 nitrogen and oxygen atoms in total. The van der Waals surface area contributed by atoms with Crippen LogP contribution in [0.25, 0.3) is 0 Å². The molecule has 3 aromatic rings. The molecule has 3 rings (SSSR count). The third-order valence-corrected chi connectivity index (χ3v) is 4.26. The average Bonchev–Trinajstić information content (AvgIpc) is 2.79. The summed E-state index contributed by atoms with van der Waals surface area (Å²) in [4.78, 5) is 22.5. The van der Waals surface area contributed by atoms with E-state index in [1.165, 1.54) is 13.2 Å². The fourth-order valence-electron chi connectivity index (χ4n) is 2.64. The maximum atomic E-state index is 12.2. The Morgan fingerprint density at radius 1 is 1.13 bits per heavy atom. The van der Waals surface area contributed by atoms with Crippen molar-refractivity contribution in [2.45, 2.75) is 6.61 Å². The Balaban J connectivity index is 1.62. The third-order valence-electron chi connectivity index (χ3n) is 4.26. The van der Waals surface area contributed by atoms with Crippen LogP contribution < -0.4 is 14.9 Å². The molecular formula is C22H19N3O6. The number of carbonyl (C=O) groups excluding carboxylic acids is 1. The molecule has 0 spiro atoms. The zero-order valence-electron chi connectivity index (χ0n) is 16.5. The number of nitrogens with zero attached hydrogens (tertiary/aromatic N) is 2. The van der Waals surface area contributed by atoms with E-state index in [9.17, 15) is 20.0 Å². The Morgan fingerprint density at radius 2 is 1.84 bits per heavy atom. The van der Waals surface area contributed by atoms with E-state index in [-0.39, 0.29) is 11.3 Å². The number of phenols is 1. The number of phenolic OH excluding ortho intramolecular Hbond substituents is 1. The second-order valence-electron chi connectivity index (χ2n) is 6.34. The Hall–Kier alpha value is -4.40. The second-order valence-corrected chi connectivity index (χ2v) is 6.34. The van der Waals surface area contributed by atoms with Crippen molar-refractivity contribution in [1.82, 2.24) is 5.43 Å². The Kier molecular flexibility index (Phi) is 6.79. The first kappa shape index (κ1) is 21.3. The number of amides is 1. The van der Waals surface area contributed by atoms with Crippen LogP contribution in [0.4, 0.5) is 5.69 Å². The Morgan fingerprint density at radius 3 is 2.48 bits per heavy atom. The van der Waals surface area contributed by atoms with Crippen molar-refractivity contribution in [3.05, 3.63) is 93.5 Å². The van der Waals surface area contributed by atoms with Crippen LogP contribution >= 0.6 is 0 Å². The van der Waals surface area contributed by atoms with Gasteiger partial charge in [-0.3, -0.25) is 14.9 Å². The predicted octanol–water partition coefficient (Wildman–Crippen LogP) is 3.65. The first-order chi connectivity index (χ1) is 15.0. The lowest BCUT2D eigenvalue weighted by Gasteiger charge is -2.07. The molecule has 0 saturated carbocycles. The number of aromatic hydroxyl groups is 1. The van der Waals surface area contributed by atoms with Gasteiger partial charge in [0.25, 0.3) is 5.91 Å². The minimum atomic E-state index is -0.741. The number of nitrogens with one attached hydrogen (secondary N) is 1. The topological polar surface area (TPSA) is 123 Å². The summed E-state index contributed by atoms with van der Waals surface area (Å²) < 4.78 is 10.7. The van der Waals surface area contributed by atoms with Gasteiger partial charge in [-0.25, -0.2) is 5.43 Å². The van der Waals surface area contributed by atoms with Crippen LogP contribution in [0.5, 0.6) is 17.2 Å². The molecule has 0 heterocycles. The van der Waals surface area contributed by atoms with Gasteiger partial charge >= 0.3 is 5.69 Å². The van der Waals surface area contributed by atoms with E-state index in [1.54, 1.807) is 24.3 Å². The molecule has 0 aromatic heterocycles. The van der Waals surface area contributed by atoms with E-state index in [2.05, 4.69) is 10.5 Å². The van der Waals surface area contributed by atoms with Crippen LogP contribution in [0.1, 0.15) is 21.5 Å². The fraction of sp³-hybridized carbons (Fsp3) is 0.0909. The number of nitro benzene ring substituents is 1. The number of nitro groups is 1. The predicted molar refractivity (Wildman–Crippen MR) is 114 cm³/mol. The van der Waals surface area contributed by atoms with E-state index in [0.29, 0.717) is 17.9 Å². The monoisotopic (exact) mass is 421 g/mol. The second kappa shape index (κ2) is 9.88. The van der Waals surface area contributed by atoms with Crippen molar-refractivity contribution < 1.29 is 24.3 Å². The molecule has 2 N–H and O–H groups in total. The van der Waals surface area contributed by atoms with Gasteiger partial charge in [-0.2, -0.15) is 5.10 Å². The minimum absolute atomic E-state index is 0.0241. The number of benzene rings is 3. The number of carbonyl (C=O) groups is 1. The largest absolute Gasteiger partial charge is 0.502 e. The van der Waals surface area contributed by atoms with Gasteiger partial charge in [0.15, 0.2) is 0 Å². The summed E-state index contributed by atoms with van der Waals surface area (Å²) in [5, 5.41) is 24.8. The van der Waals surface area contributed by atoms with Crippen molar-refractivity contribution in [1.29, 1.82) is 0 Å². The van der Waals surface area contributed by atoms with Crippen LogP contribution in [0.2, 0.25) is 0 Å². The smallest absolute Gasteiger partial charge is 0.315 e. The number of hydrazone groups is 1. The van der Waals surface area contributed by atoms with Gasteiger partial charge in [0, 0.05) is 11.1 Å². The van der Waals surface area contributed by atoms with Crippen molar-refractivity contribution in [2.24, 2.45) is 5.10 Å².